The summed E-state index contributed by atoms with van der Waals surface area (Å²) in [6.07, 6.45) is 2.39. The molecule has 19 heavy (non-hydrogen) atoms. The Balaban J connectivity index is 2.48. The molecule has 0 bridgehead atoms. The molecule has 1 aromatic rings. The highest BCUT2D eigenvalue weighted by Gasteiger charge is 2.33. The predicted molar refractivity (Wildman–Crippen MR) is 85.5 cm³/mol. The van der Waals surface area contributed by atoms with Gasteiger partial charge in [0.15, 0.2) is 5.82 Å². The Morgan fingerprint density at radius 2 is 1.95 bits per heavy atom. The summed E-state index contributed by atoms with van der Waals surface area (Å²) in [5.74, 6) is 2.32. The molecular formula is C14H22IN3O. The molecule has 1 aromatic heterocycles. The molecule has 1 aliphatic carbocycles. The molecule has 2 rings (SSSR count). The van der Waals surface area contributed by atoms with Crippen LogP contribution in [0.25, 0.3) is 0 Å². The van der Waals surface area contributed by atoms with Gasteiger partial charge < -0.3 is 10.1 Å². The van der Waals surface area contributed by atoms with Crippen LogP contribution >= 0.6 is 22.6 Å². The molecule has 5 heteroatoms. The van der Waals surface area contributed by atoms with Crippen molar-refractivity contribution in [1.29, 1.82) is 0 Å². The normalized spacial score (nSPS) is 17.4. The molecule has 0 aliphatic heterocycles. The van der Waals surface area contributed by atoms with Gasteiger partial charge in [0.2, 0.25) is 0 Å². The quantitative estimate of drug-likeness (QED) is 0.815. The van der Waals surface area contributed by atoms with Gasteiger partial charge in [-0.2, -0.15) is 0 Å². The number of methoxy groups -OCH3 is 1. The van der Waals surface area contributed by atoms with E-state index in [-0.39, 0.29) is 11.5 Å². The fourth-order valence-corrected chi connectivity index (χ4v) is 3.19. The molecule has 1 aliphatic rings. The number of hydrogen-bond acceptors (Lipinski definition) is 4. The molecule has 4 nitrogen and oxygen atoms in total. The average Bonchev–Trinajstić information content (AvgIpc) is 3.14. The monoisotopic (exact) mass is 375 g/mol. The van der Waals surface area contributed by atoms with Crippen LogP contribution in [0.3, 0.4) is 0 Å². The van der Waals surface area contributed by atoms with Crippen molar-refractivity contribution in [3.05, 3.63) is 15.1 Å². The van der Waals surface area contributed by atoms with Gasteiger partial charge >= 0.3 is 0 Å². The molecule has 1 fully saturated rings. The van der Waals surface area contributed by atoms with Crippen molar-refractivity contribution >= 4 is 28.4 Å². The molecule has 1 unspecified atom stereocenters. The lowest BCUT2D eigenvalue weighted by Crippen LogP contribution is -2.23. The van der Waals surface area contributed by atoms with E-state index in [0.29, 0.717) is 5.92 Å². The molecule has 0 aromatic carbocycles. The van der Waals surface area contributed by atoms with Crippen molar-refractivity contribution in [2.24, 2.45) is 5.41 Å². The summed E-state index contributed by atoms with van der Waals surface area (Å²) in [5, 5.41) is 3.17. The maximum Gasteiger partial charge on any atom is 0.160 e. The first-order valence-corrected chi connectivity index (χ1v) is 7.74. The summed E-state index contributed by atoms with van der Waals surface area (Å²) < 4.78 is 6.79. The summed E-state index contributed by atoms with van der Waals surface area (Å²) in [6.45, 7) is 6.45. The number of nitrogens with one attached hydrogen (secondary N) is 1. The van der Waals surface area contributed by atoms with Gasteiger partial charge in [-0.1, -0.05) is 20.8 Å². The Morgan fingerprint density at radius 3 is 2.37 bits per heavy atom. The van der Waals surface area contributed by atoms with E-state index in [9.17, 15) is 0 Å². The lowest BCUT2D eigenvalue weighted by molar-refractivity contribution is 0.00858. The number of halogens is 1. The molecule has 1 atom stereocenters. The predicted octanol–water partition coefficient (Wildman–Crippen LogP) is 3.73. The van der Waals surface area contributed by atoms with Gasteiger partial charge in [-0.05, 0) is 40.8 Å². The minimum Gasteiger partial charge on any atom is -0.373 e. The molecule has 0 saturated heterocycles. The van der Waals surface area contributed by atoms with E-state index in [4.69, 9.17) is 9.72 Å². The molecule has 0 spiro atoms. The van der Waals surface area contributed by atoms with Crippen molar-refractivity contribution in [1.82, 2.24) is 9.97 Å². The van der Waals surface area contributed by atoms with Crippen LogP contribution < -0.4 is 5.32 Å². The second kappa shape index (κ2) is 5.52. The zero-order valence-corrected chi connectivity index (χ0v) is 14.4. The van der Waals surface area contributed by atoms with Gasteiger partial charge in [-0.25, -0.2) is 9.97 Å². The van der Waals surface area contributed by atoms with Gasteiger partial charge in [-0.3, -0.25) is 0 Å². The minimum atomic E-state index is -0.0888. The Kier molecular flexibility index (Phi) is 4.35. The molecule has 106 valence electrons. The highest BCUT2D eigenvalue weighted by atomic mass is 127. The zero-order valence-electron chi connectivity index (χ0n) is 12.2. The maximum atomic E-state index is 5.64. The van der Waals surface area contributed by atoms with Crippen molar-refractivity contribution in [2.45, 2.75) is 45.6 Å². The zero-order chi connectivity index (χ0) is 14.2. The van der Waals surface area contributed by atoms with Crippen LogP contribution in [-0.4, -0.2) is 24.1 Å². The Bertz CT molecular complexity index is 466. The van der Waals surface area contributed by atoms with Crippen LogP contribution in [0.15, 0.2) is 0 Å². The SMILES string of the molecule is CNc1nc(C(OC)C(C)(C)C)nc(C2CC2)c1I. The van der Waals surface area contributed by atoms with Crippen molar-refractivity contribution in [3.8, 4) is 0 Å². The van der Waals surface area contributed by atoms with Gasteiger partial charge in [0.05, 0.1) is 9.26 Å². The van der Waals surface area contributed by atoms with Crippen LogP contribution in [0.2, 0.25) is 0 Å². The fourth-order valence-electron chi connectivity index (χ4n) is 2.24. The number of aromatic nitrogens is 2. The number of ether oxygens (including phenoxy) is 1. The molecule has 1 heterocycles. The van der Waals surface area contributed by atoms with E-state index in [0.717, 1.165) is 15.2 Å². The van der Waals surface area contributed by atoms with E-state index in [1.54, 1.807) is 7.11 Å². The summed E-state index contributed by atoms with van der Waals surface area (Å²) in [7, 11) is 3.64. The second-order valence-electron chi connectivity index (χ2n) is 6.14. The molecular weight excluding hydrogens is 353 g/mol. The highest BCUT2D eigenvalue weighted by Crippen LogP contribution is 2.43. The summed E-state index contributed by atoms with van der Waals surface area (Å²) in [5.41, 5.74) is 1.16. The van der Waals surface area contributed by atoms with Gasteiger partial charge in [-0.15, -0.1) is 0 Å². The van der Waals surface area contributed by atoms with Crippen LogP contribution in [0.4, 0.5) is 5.82 Å². The lowest BCUT2D eigenvalue weighted by atomic mass is 9.88. The van der Waals surface area contributed by atoms with Gasteiger partial charge in [0.25, 0.3) is 0 Å². The third-order valence-corrected chi connectivity index (χ3v) is 4.42. The number of hydrogen-bond donors (Lipinski definition) is 1. The summed E-state index contributed by atoms with van der Waals surface area (Å²) >= 11 is 2.34. The molecule has 1 saturated carbocycles. The maximum absolute atomic E-state index is 5.64. The third kappa shape index (κ3) is 3.18. The van der Waals surface area contributed by atoms with Gasteiger partial charge in [0.1, 0.15) is 11.9 Å². The first kappa shape index (κ1) is 15.0. The first-order valence-electron chi connectivity index (χ1n) is 6.66. The smallest absolute Gasteiger partial charge is 0.160 e. The Morgan fingerprint density at radius 1 is 1.32 bits per heavy atom. The van der Waals surface area contributed by atoms with Crippen LogP contribution in [0.5, 0.6) is 0 Å². The highest BCUT2D eigenvalue weighted by molar-refractivity contribution is 14.1. The standard InChI is InChI=1S/C14H22IN3O/c1-14(2,3)11(19-5)13-17-10(8-6-7-8)9(15)12(16-4)18-13/h8,11H,6-7H2,1-5H3,(H,16,17,18). The fraction of sp³-hybridized carbons (Fsp3) is 0.714. The van der Waals surface area contributed by atoms with E-state index >= 15 is 0 Å². The number of nitrogens with zero attached hydrogens (tertiary/aromatic N) is 2. The van der Waals surface area contributed by atoms with Crippen molar-refractivity contribution in [2.75, 3.05) is 19.5 Å². The summed E-state index contributed by atoms with van der Waals surface area (Å²) in [6, 6.07) is 0. The Labute approximate surface area is 128 Å². The van der Waals surface area contributed by atoms with Crippen molar-refractivity contribution in [3.63, 3.8) is 0 Å². The summed E-state index contributed by atoms with van der Waals surface area (Å²) in [4.78, 5) is 9.44. The third-order valence-electron chi connectivity index (χ3n) is 3.35. The van der Waals surface area contributed by atoms with Gasteiger partial charge in [0, 0.05) is 20.1 Å². The lowest BCUT2D eigenvalue weighted by Gasteiger charge is -2.28. The average molecular weight is 375 g/mol. The van der Waals surface area contributed by atoms with E-state index in [1.165, 1.54) is 18.5 Å². The minimum absolute atomic E-state index is 0.0205. The number of anilines is 1. The van der Waals surface area contributed by atoms with Crippen LogP contribution in [0, 0.1) is 8.99 Å². The topological polar surface area (TPSA) is 47.0 Å². The van der Waals surface area contributed by atoms with Crippen LogP contribution in [-0.2, 0) is 4.74 Å². The van der Waals surface area contributed by atoms with E-state index < -0.39 is 0 Å². The Hall–Kier alpha value is -0.430. The van der Waals surface area contributed by atoms with E-state index in [1.807, 2.05) is 7.05 Å². The van der Waals surface area contributed by atoms with Crippen LogP contribution in [0.1, 0.15) is 57.2 Å². The largest absolute Gasteiger partial charge is 0.373 e. The molecule has 0 radical (unpaired) electrons. The second-order valence-corrected chi connectivity index (χ2v) is 7.21. The molecule has 0 amide bonds. The first-order chi connectivity index (χ1) is 8.88. The molecule has 1 N–H and O–H groups in total. The van der Waals surface area contributed by atoms with Crippen molar-refractivity contribution < 1.29 is 4.74 Å². The number of rotatable bonds is 4. The van der Waals surface area contributed by atoms with E-state index in [2.05, 4.69) is 53.7 Å².